The summed E-state index contributed by atoms with van der Waals surface area (Å²) in [5.41, 5.74) is 7.11. The Morgan fingerprint density at radius 3 is 2.70 bits per heavy atom. The Morgan fingerprint density at radius 1 is 1.60 bits per heavy atom. The molecule has 0 unspecified atom stereocenters. The predicted octanol–water partition coefficient (Wildman–Crippen LogP) is 1.54. The number of furan rings is 1. The van der Waals surface area contributed by atoms with Gasteiger partial charge < -0.3 is 10.2 Å². The summed E-state index contributed by atoms with van der Waals surface area (Å²) in [7, 11) is 0. The molecule has 2 heteroatoms. The third-order valence-corrected chi connectivity index (χ3v) is 2.18. The molecule has 1 saturated carbocycles. The zero-order chi connectivity index (χ0) is 7.19. The molecule has 10 heavy (non-hydrogen) atoms. The molecule has 2 rings (SSSR count). The van der Waals surface area contributed by atoms with Crippen molar-refractivity contribution in [1.82, 2.24) is 0 Å². The van der Waals surface area contributed by atoms with Gasteiger partial charge in [-0.3, -0.25) is 0 Å². The van der Waals surface area contributed by atoms with Crippen molar-refractivity contribution in [2.45, 2.75) is 25.3 Å². The second-order valence-electron chi connectivity index (χ2n) is 3.05. The van der Waals surface area contributed by atoms with Crippen molar-refractivity contribution in [1.29, 1.82) is 0 Å². The predicted molar refractivity (Wildman–Crippen MR) is 38.5 cm³/mol. The summed E-state index contributed by atoms with van der Waals surface area (Å²) < 4.78 is 5.15. The molecule has 0 bridgehead atoms. The van der Waals surface area contributed by atoms with Crippen molar-refractivity contribution < 1.29 is 4.42 Å². The third-order valence-electron chi connectivity index (χ3n) is 2.18. The van der Waals surface area contributed by atoms with Crippen LogP contribution in [0.25, 0.3) is 0 Å². The van der Waals surface area contributed by atoms with Crippen LogP contribution in [-0.4, -0.2) is 0 Å². The first kappa shape index (κ1) is 5.98. The molecule has 0 radical (unpaired) electrons. The minimum absolute atomic E-state index is 0.0307. The van der Waals surface area contributed by atoms with E-state index >= 15 is 0 Å². The van der Waals surface area contributed by atoms with Crippen LogP contribution < -0.4 is 5.73 Å². The van der Waals surface area contributed by atoms with Gasteiger partial charge in [0, 0.05) is 11.1 Å². The van der Waals surface area contributed by atoms with Crippen molar-refractivity contribution in [3.63, 3.8) is 0 Å². The van der Waals surface area contributed by atoms with E-state index < -0.39 is 0 Å². The van der Waals surface area contributed by atoms with Crippen molar-refractivity contribution in [3.8, 4) is 0 Å². The molecule has 0 aromatic carbocycles. The van der Waals surface area contributed by atoms with Gasteiger partial charge in [-0.2, -0.15) is 0 Å². The van der Waals surface area contributed by atoms with Gasteiger partial charge in [0.25, 0.3) is 0 Å². The van der Waals surface area contributed by atoms with Crippen LogP contribution in [0.15, 0.2) is 16.7 Å². The number of aryl methyl sites for hydroxylation is 1. The van der Waals surface area contributed by atoms with Gasteiger partial charge in [0.05, 0.1) is 6.26 Å². The van der Waals surface area contributed by atoms with E-state index in [-0.39, 0.29) is 5.54 Å². The fourth-order valence-corrected chi connectivity index (χ4v) is 1.31. The van der Waals surface area contributed by atoms with Gasteiger partial charge in [-0.05, 0) is 25.8 Å². The Labute approximate surface area is 60.0 Å². The van der Waals surface area contributed by atoms with Crippen LogP contribution in [0.4, 0.5) is 0 Å². The molecular formula is C8H11NO. The molecular weight excluding hydrogens is 126 g/mol. The van der Waals surface area contributed by atoms with Crippen LogP contribution in [0.1, 0.15) is 24.2 Å². The molecule has 0 saturated heterocycles. The van der Waals surface area contributed by atoms with E-state index in [1.807, 2.05) is 13.0 Å². The lowest BCUT2D eigenvalue weighted by atomic mass is 10.1. The first-order valence-electron chi connectivity index (χ1n) is 3.56. The summed E-state index contributed by atoms with van der Waals surface area (Å²) in [6.45, 7) is 1.96. The molecule has 1 aliphatic carbocycles. The van der Waals surface area contributed by atoms with Crippen LogP contribution in [0.3, 0.4) is 0 Å². The van der Waals surface area contributed by atoms with Crippen molar-refractivity contribution >= 4 is 0 Å². The van der Waals surface area contributed by atoms with Crippen molar-refractivity contribution in [3.05, 3.63) is 23.7 Å². The Balaban J connectivity index is 2.42. The second kappa shape index (κ2) is 1.64. The molecule has 2 nitrogen and oxygen atoms in total. The highest BCUT2D eigenvalue weighted by atomic mass is 16.3. The third kappa shape index (κ3) is 0.688. The van der Waals surface area contributed by atoms with Gasteiger partial charge in [0.1, 0.15) is 5.76 Å². The average molecular weight is 137 g/mol. The van der Waals surface area contributed by atoms with Gasteiger partial charge in [0.2, 0.25) is 0 Å². The fourth-order valence-electron chi connectivity index (χ4n) is 1.31. The van der Waals surface area contributed by atoms with E-state index in [2.05, 4.69) is 0 Å². The fraction of sp³-hybridized carbons (Fsp3) is 0.500. The van der Waals surface area contributed by atoms with Crippen LogP contribution in [0, 0.1) is 6.92 Å². The highest BCUT2D eigenvalue weighted by Gasteiger charge is 2.41. The highest BCUT2D eigenvalue weighted by molar-refractivity contribution is 5.30. The number of hydrogen-bond donors (Lipinski definition) is 1. The van der Waals surface area contributed by atoms with Crippen LogP contribution in [0.5, 0.6) is 0 Å². The highest BCUT2D eigenvalue weighted by Crippen LogP contribution is 2.44. The lowest BCUT2D eigenvalue weighted by Crippen LogP contribution is -2.18. The van der Waals surface area contributed by atoms with Crippen molar-refractivity contribution in [2.24, 2.45) is 5.73 Å². The molecule has 0 amide bonds. The molecule has 1 fully saturated rings. The number of nitrogens with two attached hydrogens (primary N) is 1. The van der Waals surface area contributed by atoms with E-state index in [0.717, 1.165) is 18.6 Å². The van der Waals surface area contributed by atoms with Gasteiger partial charge >= 0.3 is 0 Å². The first-order chi connectivity index (χ1) is 4.72. The second-order valence-corrected chi connectivity index (χ2v) is 3.05. The Kier molecular flexibility index (Phi) is 0.980. The molecule has 0 aliphatic heterocycles. The summed E-state index contributed by atoms with van der Waals surface area (Å²) in [5.74, 6) is 0.972. The molecule has 1 aromatic rings. The number of hydrogen-bond acceptors (Lipinski definition) is 2. The van der Waals surface area contributed by atoms with E-state index in [9.17, 15) is 0 Å². The van der Waals surface area contributed by atoms with E-state index in [1.165, 1.54) is 5.56 Å². The largest absolute Gasteiger partial charge is 0.469 e. The molecule has 1 heterocycles. The van der Waals surface area contributed by atoms with Gasteiger partial charge in [-0.1, -0.05) is 0 Å². The molecule has 0 atom stereocenters. The van der Waals surface area contributed by atoms with Gasteiger partial charge in [-0.15, -0.1) is 0 Å². The maximum absolute atomic E-state index is 5.95. The normalized spacial score (nSPS) is 21.0. The minimum Gasteiger partial charge on any atom is -0.469 e. The summed E-state index contributed by atoms with van der Waals surface area (Å²) in [6, 6.07) is 1.97. The van der Waals surface area contributed by atoms with E-state index in [0.29, 0.717) is 0 Å². The maximum Gasteiger partial charge on any atom is 0.105 e. The van der Waals surface area contributed by atoms with E-state index in [4.69, 9.17) is 10.2 Å². The number of rotatable bonds is 1. The maximum atomic E-state index is 5.95. The topological polar surface area (TPSA) is 39.2 Å². The smallest absolute Gasteiger partial charge is 0.105 e. The first-order valence-corrected chi connectivity index (χ1v) is 3.56. The van der Waals surface area contributed by atoms with Crippen LogP contribution in [0.2, 0.25) is 0 Å². The molecule has 1 aliphatic rings. The lowest BCUT2D eigenvalue weighted by Gasteiger charge is -2.04. The summed E-state index contributed by atoms with van der Waals surface area (Å²) in [6.07, 6.45) is 3.92. The van der Waals surface area contributed by atoms with Gasteiger partial charge in [0.15, 0.2) is 0 Å². The standard InChI is InChI=1S/C8H11NO/c1-6-7(2-5-10-6)8(9)3-4-8/h2,5H,3-4,9H2,1H3. The average Bonchev–Trinajstić information content (AvgIpc) is 2.44. The van der Waals surface area contributed by atoms with Crippen LogP contribution >= 0.6 is 0 Å². The van der Waals surface area contributed by atoms with Crippen molar-refractivity contribution in [2.75, 3.05) is 0 Å². The summed E-state index contributed by atoms with van der Waals surface area (Å²) in [5, 5.41) is 0. The quantitative estimate of drug-likeness (QED) is 0.637. The SMILES string of the molecule is Cc1occc1C1(N)CC1. The zero-order valence-corrected chi connectivity index (χ0v) is 6.05. The molecule has 54 valence electrons. The van der Waals surface area contributed by atoms with Crippen LogP contribution in [-0.2, 0) is 5.54 Å². The van der Waals surface area contributed by atoms with E-state index in [1.54, 1.807) is 6.26 Å². The summed E-state index contributed by atoms with van der Waals surface area (Å²) in [4.78, 5) is 0. The van der Waals surface area contributed by atoms with Gasteiger partial charge in [-0.25, -0.2) is 0 Å². The molecule has 0 spiro atoms. The Hall–Kier alpha value is -0.760. The minimum atomic E-state index is -0.0307. The monoisotopic (exact) mass is 137 g/mol. The Bertz CT molecular complexity index is 248. The molecule has 2 N–H and O–H groups in total. The zero-order valence-electron chi connectivity index (χ0n) is 6.05. The lowest BCUT2D eigenvalue weighted by molar-refractivity contribution is 0.523. The molecule has 1 aromatic heterocycles. The Morgan fingerprint density at radius 2 is 2.30 bits per heavy atom. The summed E-state index contributed by atoms with van der Waals surface area (Å²) >= 11 is 0.